The average Bonchev–Trinajstić information content (AvgIpc) is 3.26. The number of benzene rings is 2. The zero-order chi connectivity index (χ0) is 24.9. The number of rotatable bonds is 8. The molecule has 34 heavy (non-hydrogen) atoms. The number of carbonyl (C=O) groups excluding carboxylic acids is 1. The molecule has 0 bridgehead atoms. The highest BCUT2D eigenvalue weighted by molar-refractivity contribution is 7.98. The van der Waals surface area contributed by atoms with Crippen LogP contribution in [0.15, 0.2) is 52.0 Å². The van der Waals surface area contributed by atoms with Crippen LogP contribution >= 0.6 is 34.9 Å². The molecule has 3 aromatic rings. The second-order valence-corrected chi connectivity index (χ2v) is 10.1. The van der Waals surface area contributed by atoms with E-state index in [-0.39, 0.29) is 32.1 Å². The summed E-state index contributed by atoms with van der Waals surface area (Å²) in [5, 5.41) is 12.6. The Hall–Kier alpha value is -3.11. The van der Waals surface area contributed by atoms with E-state index in [0.717, 1.165) is 17.1 Å². The Kier molecular flexibility index (Phi) is 8.16. The highest BCUT2D eigenvalue weighted by Gasteiger charge is 2.22. The van der Waals surface area contributed by atoms with Crippen molar-refractivity contribution in [2.45, 2.75) is 17.0 Å². The van der Waals surface area contributed by atoms with Gasteiger partial charge in [0, 0.05) is 11.5 Å². The quantitative estimate of drug-likeness (QED) is 0.190. The molecular formula is C21H17ClN4O5S3. The van der Waals surface area contributed by atoms with Crippen molar-refractivity contribution in [2.75, 3.05) is 18.7 Å². The number of hydrogen-bond donors (Lipinski definition) is 1. The number of amides is 1. The van der Waals surface area contributed by atoms with Crippen LogP contribution in [-0.2, 0) is 14.9 Å². The van der Waals surface area contributed by atoms with Gasteiger partial charge in [0.15, 0.2) is 5.75 Å². The number of methoxy groups -OCH3 is 1. The van der Waals surface area contributed by atoms with E-state index in [4.69, 9.17) is 20.5 Å². The number of halogens is 1. The second-order valence-electron chi connectivity index (χ2n) is 6.59. The SMILES string of the molecule is COc1cc(/C=C(/C#N)C(=O)Nc2nc(SC)ns2)cc(Cl)c1OS(=O)(=O)c1ccc(C)cc1. The summed E-state index contributed by atoms with van der Waals surface area (Å²) < 4.78 is 39.9. The zero-order valence-corrected chi connectivity index (χ0v) is 21.2. The van der Waals surface area contributed by atoms with Gasteiger partial charge < -0.3 is 8.92 Å². The molecule has 0 unspecified atom stereocenters. The van der Waals surface area contributed by atoms with Crippen LogP contribution in [-0.4, -0.2) is 37.0 Å². The summed E-state index contributed by atoms with van der Waals surface area (Å²) in [6.07, 6.45) is 3.07. The summed E-state index contributed by atoms with van der Waals surface area (Å²) in [7, 11) is -2.88. The van der Waals surface area contributed by atoms with Crippen molar-refractivity contribution in [3.63, 3.8) is 0 Å². The van der Waals surface area contributed by atoms with Gasteiger partial charge in [-0.15, -0.1) is 0 Å². The molecule has 0 aliphatic heterocycles. The molecule has 0 saturated carbocycles. The van der Waals surface area contributed by atoms with E-state index in [9.17, 15) is 18.5 Å². The van der Waals surface area contributed by atoms with Gasteiger partial charge >= 0.3 is 10.1 Å². The molecule has 9 nitrogen and oxygen atoms in total. The number of anilines is 1. The van der Waals surface area contributed by atoms with Crippen LogP contribution in [0.3, 0.4) is 0 Å². The minimum absolute atomic E-state index is 0.000806. The molecule has 0 fully saturated rings. The monoisotopic (exact) mass is 536 g/mol. The maximum Gasteiger partial charge on any atom is 0.339 e. The fourth-order valence-corrected chi connectivity index (χ4v) is 4.97. The molecule has 0 aliphatic carbocycles. The van der Waals surface area contributed by atoms with Crippen LogP contribution in [0.4, 0.5) is 5.13 Å². The highest BCUT2D eigenvalue weighted by Crippen LogP contribution is 2.39. The van der Waals surface area contributed by atoms with E-state index in [1.54, 1.807) is 18.4 Å². The van der Waals surface area contributed by atoms with Crippen molar-refractivity contribution >= 4 is 62.1 Å². The standard InChI is InChI=1S/C21H17ClN4O5S3/c1-12-4-6-15(7-5-12)34(28,29)31-18-16(22)9-13(10-17(18)30-2)8-14(11-23)19(27)24-20-25-21(32-3)26-33-20/h4-10H,1-3H3,(H,24,25,26,27)/b14-8-. The summed E-state index contributed by atoms with van der Waals surface area (Å²) in [6, 6.07) is 10.7. The molecule has 0 saturated heterocycles. The molecule has 176 valence electrons. The Balaban J connectivity index is 1.89. The first-order valence-corrected chi connectivity index (χ1v) is 13.1. The van der Waals surface area contributed by atoms with Gasteiger partial charge in [0.25, 0.3) is 5.91 Å². The molecule has 0 aliphatic rings. The van der Waals surface area contributed by atoms with E-state index >= 15 is 0 Å². The number of aromatic nitrogens is 2. The number of nitrogens with one attached hydrogen (secondary N) is 1. The van der Waals surface area contributed by atoms with Gasteiger partial charge in [0.1, 0.15) is 16.5 Å². The van der Waals surface area contributed by atoms with Crippen LogP contribution in [0.2, 0.25) is 5.02 Å². The van der Waals surface area contributed by atoms with Gasteiger partial charge in [-0.1, -0.05) is 41.1 Å². The summed E-state index contributed by atoms with van der Waals surface area (Å²) in [4.78, 5) is 16.5. The van der Waals surface area contributed by atoms with E-state index in [1.807, 2.05) is 13.0 Å². The molecule has 1 amide bonds. The third-order valence-electron chi connectivity index (χ3n) is 4.24. The lowest BCUT2D eigenvalue weighted by Gasteiger charge is -2.13. The van der Waals surface area contributed by atoms with Crippen molar-refractivity contribution in [1.29, 1.82) is 5.26 Å². The molecule has 3 rings (SSSR count). The number of ether oxygens (including phenoxy) is 1. The number of carbonyl (C=O) groups is 1. The number of aryl methyl sites for hydroxylation is 1. The van der Waals surface area contributed by atoms with Crippen LogP contribution in [0.25, 0.3) is 6.08 Å². The van der Waals surface area contributed by atoms with Crippen molar-refractivity contribution in [3.05, 3.63) is 58.1 Å². The maximum absolute atomic E-state index is 12.7. The third kappa shape index (κ3) is 6.06. The van der Waals surface area contributed by atoms with Gasteiger partial charge in [-0.3, -0.25) is 10.1 Å². The Labute approximate surface area is 209 Å². The molecule has 0 atom stereocenters. The molecule has 1 aromatic heterocycles. The maximum atomic E-state index is 12.7. The Morgan fingerprint density at radius 3 is 2.59 bits per heavy atom. The third-order valence-corrected chi connectivity index (χ3v) is 7.05. The van der Waals surface area contributed by atoms with Crippen LogP contribution in [0, 0.1) is 18.3 Å². The first-order chi connectivity index (χ1) is 16.2. The normalized spacial score (nSPS) is 11.6. The van der Waals surface area contributed by atoms with Gasteiger partial charge in [0.05, 0.1) is 12.1 Å². The number of thioether (sulfide) groups is 1. The molecule has 0 radical (unpaired) electrons. The minimum Gasteiger partial charge on any atom is -0.493 e. The lowest BCUT2D eigenvalue weighted by molar-refractivity contribution is -0.112. The van der Waals surface area contributed by atoms with Crippen LogP contribution < -0.4 is 14.2 Å². The van der Waals surface area contributed by atoms with Crippen molar-refractivity contribution in [1.82, 2.24) is 9.36 Å². The van der Waals surface area contributed by atoms with Gasteiger partial charge in [-0.05, 0) is 49.1 Å². The summed E-state index contributed by atoms with van der Waals surface area (Å²) in [5.41, 5.74) is 0.967. The molecular weight excluding hydrogens is 520 g/mol. The smallest absolute Gasteiger partial charge is 0.339 e. The topological polar surface area (TPSA) is 131 Å². The average molecular weight is 537 g/mol. The molecule has 1 N–H and O–H groups in total. The first-order valence-electron chi connectivity index (χ1n) is 9.36. The summed E-state index contributed by atoms with van der Waals surface area (Å²) in [6.45, 7) is 1.83. The Morgan fingerprint density at radius 1 is 1.29 bits per heavy atom. The Bertz CT molecular complexity index is 1400. The largest absolute Gasteiger partial charge is 0.493 e. The summed E-state index contributed by atoms with van der Waals surface area (Å²) >= 11 is 8.59. The fourth-order valence-electron chi connectivity index (χ4n) is 2.59. The predicted molar refractivity (Wildman–Crippen MR) is 131 cm³/mol. The lowest BCUT2D eigenvalue weighted by atomic mass is 10.1. The lowest BCUT2D eigenvalue weighted by Crippen LogP contribution is -2.13. The first kappa shape index (κ1) is 25.5. The van der Waals surface area contributed by atoms with E-state index in [1.165, 1.54) is 49.2 Å². The van der Waals surface area contributed by atoms with Crippen molar-refractivity contribution < 1.29 is 22.1 Å². The molecule has 0 spiro atoms. The van der Waals surface area contributed by atoms with Crippen LogP contribution in [0.1, 0.15) is 11.1 Å². The van der Waals surface area contributed by atoms with Gasteiger partial charge in [-0.2, -0.15) is 23.0 Å². The molecule has 2 aromatic carbocycles. The van der Waals surface area contributed by atoms with Crippen LogP contribution in [0.5, 0.6) is 11.5 Å². The molecule has 1 heterocycles. The van der Waals surface area contributed by atoms with Crippen molar-refractivity contribution in [2.24, 2.45) is 0 Å². The highest BCUT2D eigenvalue weighted by atomic mass is 35.5. The van der Waals surface area contributed by atoms with Crippen molar-refractivity contribution in [3.8, 4) is 17.6 Å². The van der Waals surface area contributed by atoms with E-state index in [0.29, 0.717) is 10.7 Å². The zero-order valence-electron chi connectivity index (χ0n) is 18.0. The van der Waals surface area contributed by atoms with E-state index < -0.39 is 16.0 Å². The van der Waals surface area contributed by atoms with Gasteiger partial charge in [0.2, 0.25) is 16.0 Å². The number of nitriles is 1. The second kappa shape index (κ2) is 10.9. The summed E-state index contributed by atoms with van der Waals surface area (Å²) in [5.74, 6) is -0.909. The predicted octanol–water partition coefficient (Wildman–Crippen LogP) is 4.54. The number of nitrogens with zero attached hydrogens (tertiary/aromatic N) is 3. The fraction of sp³-hybridized carbons (Fsp3) is 0.143. The minimum atomic E-state index is -4.18. The van der Waals surface area contributed by atoms with E-state index in [2.05, 4.69) is 14.7 Å². The molecule has 13 heteroatoms. The van der Waals surface area contributed by atoms with Gasteiger partial charge in [-0.25, -0.2) is 0 Å². The number of hydrogen-bond acceptors (Lipinski definition) is 10. The Morgan fingerprint density at radius 2 is 2.00 bits per heavy atom.